The Bertz CT molecular complexity index is 727. The van der Waals surface area contributed by atoms with E-state index in [4.69, 9.17) is 4.42 Å². The van der Waals surface area contributed by atoms with E-state index in [0.717, 1.165) is 12.8 Å². The van der Waals surface area contributed by atoms with E-state index in [0.29, 0.717) is 42.8 Å². The lowest BCUT2D eigenvalue weighted by atomic mass is 10.1. The van der Waals surface area contributed by atoms with Crippen LogP contribution in [0.4, 0.5) is 0 Å². The van der Waals surface area contributed by atoms with Gasteiger partial charge in [-0.2, -0.15) is 0 Å². The summed E-state index contributed by atoms with van der Waals surface area (Å²) < 4.78 is 5.19. The zero-order valence-corrected chi connectivity index (χ0v) is 12.2. The Morgan fingerprint density at radius 3 is 2.55 bits per heavy atom. The van der Waals surface area contributed by atoms with Crippen LogP contribution in [0.1, 0.15) is 23.2 Å². The summed E-state index contributed by atoms with van der Waals surface area (Å²) in [5.74, 6) is 0.497. The van der Waals surface area contributed by atoms with Gasteiger partial charge < -0.3 is 14.2 Å². The van der Waals surface area contributed by atoms with Crippen molar-refractivity contribution in [3.05, 3.63) is 30.2 Å². The van der Waals surface area contributed by atoms with Gasteiger partial charge >= 0.3 is 0 Å². The molecule has 1 aliphatic carbocycles. The van der Waals surface area contributed by atoms with Gasteiger partial charge in [-0.3, -0.25) is 9.59 Å². The number of piperazine rings is 1. The van der Waals surface area contributed by atoms with Gasteiger partial charge in [0.2, 0.25) is 5.91 Å². The van der Waals surface area contributed by atoms with Crippen LogP contribution in [0.2, 0.25) is 0 Å². The highest BCUT2D eigenvalue weighted by Gasteiger charge is 2.35. The molecule has 0 N–H and O–H groups in total. The maximum atomic E-state index is 12.6. The number of oxazole rings is 1. The molecule has 2 aliphatic rings. The molecule has 1 aromatic carbocycles. The summed E-state index contributed by atoms with van der Waals surface area (Å²) in [4.78, 5) is 32.4. The molecule has 1 aliphatic heterocycles. The fraction of sp³-hybridized carbons (Fsp3) is 0.438. The lowest BCUT2D eigenvalue weighted by molar-refractivity contribution is -0.134. The minimum absolute atomic E-state index is 0.0107. The molecule has 1 aromatic heterocycles. The molecule has 22 heavy (non-hydrogen) atoms. The quantitative estimate of drug-likeness (QED) is 0.843. The molecule has 1 saturated heterocycles. The number of carbonyl (C=O) groups excluding carboxylic acids is 2. The number of rotatable bonds is 2. The molecule has 0 radical (unpaired) electrons. The number of amides is 2. The van der Waals surface area contributed by atoms with E-state index < -0.39 is 0 Å². The average Bonchev–Trinajstić information content (AvgIpc) is 3.31. The van der Waals surface area contributed by atoms with Crippen molar-refractivity contribution in [3.8, 4) is 0 Å². The Morgan fingerprint density at radius 2 is 1.82 bits per heavy atom. The summed E-state index contributed by atoms with van der Waals surface area (Å²) >= 11 is 0. The molecule has 114 valence electrons. The zero-order chi connectivity index (χ0) is 15.1. The molecule has 0 bridgehead atoms. The van der Waals surface area contributed by atoms with E-state index in [1.807, 2.05) is 4.90 Å². The predicted molar refractivity (Wildman–Crippen MR) is 79.2 cm³/mol. The molecule has 2 heterocycles. The molecule has 2 amide bonds. The fourth-order valence-corrected chi connectivity index (χ4v) is 2.89. The number of hydrogen-bond acceptors (Lipinski definition) is 4. The Labute approximate surface area is 127 Å². The second kappa shape index (κ2) is 5.12. The molecule has 6 heteroatoms. The first-order chi connectivity index (χ1) is 10.7. The van der Waals surface area contributed by atoms with Crippen LogP contribution in [0.25, 0.3) is 11.1 Å². The van der Waals surface area contributed by atoms with Gasteiger partial charge in [-0.05, 0) is 31.0 Å². The van der Waals surface area contributed by atoms with E-state index in [1.54, 1.807) is 23.1 Å². The Kier molecular flexibility index (Phi) is 3.10. The summed E-state index contributed by atoms with van der Waals surface area (Å²) in [5.41, 5.74) is 1.98. The van der Waals surface area contributed by atoms with Crippen molar-refractivity contribution in [3.63, 3.8) is 0 Å². The third-order valence-electron chi connectivity index (χ3n) is 4.38. The summed E-state index contributed by atoms with van der Waals surface area (Å²) in [6, 6.07) is 5.28. The number of nitrogens with zero attached hydrogens (tertiary/aromatic N) is 3. The summed E-state index contributed by atoms with van der Waals surface area (Å²) in [6.45, 7) is 2.45. The molecule has 0 unspecified atom stereocenters. The number of carbonyl (C=O) groups is 2. The lowest BCUT2D eigenvalue weighted by Gasteiger charge is -2.35. The minimum atomic E-state index is -0.0107. The van der Waals surface area contributed by atoms with Crippen LogP contribution >= 0.6 is 0 Å². The van der Waals surface area contributed by atoms with Crippen LogP contribution in [0.15, 0.2) is 29.0 Å². The monoisotopic (exact) mass is 299 g/mol. The third-order valence-corrected chi connectivity index (χ3v) is 4.38. The SMILES string of the molecule is O=C(c1ccc2ocnc2c1)N1CCN(C(=O)C2CC2)CC1. The molecule has 2 aromatic rings. The second-order valence-corrected chi connectivity index (χ2v) is 5.93. The van der Waals surface area contributed by atoms with Crippen molar-refractivity contribution in [1.29, 1.82) is 0 Å². The van der Waals surface area contributed by atoms with Gasteiger partial charge in [0.25, 0.3) is 5.91 Å². The first-order valence-corrected chi connectivity index (χ1v) is 7.64. The smallest absolute Gasteiger partial charge is 0.254 e. The van der Waals surface area contributed by atoms with Crippen LogP contribution in [0.3, 0.4) is 0 Å². The normalized spacial score (nSPS) is 18.7. The molecule has 2 fully saturated rings. The van der Waals surface area contributed by atoms with E-state index in [1.165, 1.54) is 6.39 Å². The van der Waals surface area contributed by atoms with Crippen LogP contribution in [0.5, 0.6) is 0 Å². The van der Waals surface area contributed by atoms with Crippen molar-refractivity contribution in [2.24, 2.45) is 5.92 Å². The number of fused-ring (bicyclic) bond motifs is 1. The van der Waals surface area contributed by atoms with Crippen LogP contribution in [-0.2, 0) is 4.79 Å². The second-order valence-electron chi connectivity index (χ2n) is 5.93. The van der Waals surface area contributed by atoms with Crippen molar-refractivity contribution < 1.29 is 14.0 Å². The fourth-order valence-electron chi connectivity index (χ4n) is 2.89. The molecule has 0 atom stereocenters. The summed E-state index contributed by atoms with van der Waals surface area (Å²) in [6.07, 6.45) is 3.42. The molecule has 6 nitrogen and oxygen atoms in total. The molecule has 1 saturated carbocycles. The molecular weight excluding hydrogens is 282 g/mol. The topological polar surface area (TPSA) is 66.7 Å². The van der Waals surface area contributed by atoms with Gasteiger partial charge in [0, 0.05) is 37.7 Å². The van der Waals surface area contributed by atoms with E-state index in [-0.39, 0.29) is 17.7 Å². The van der Waals surface area contributed by atoms with Crippen molar-refractivity contribution in [2.75, 3.05) is 26.2 Å². The standard InChI is InChI=1S/C16H17N3O3/c20-15(11-1-2-11)18-5-7-19(8-6-18)16(21)12-3-4-14-13(9-12)17-10-22-14/h3-4,9-11H,1-2,5-8H2. The Morgan fingerprint density at radius 1 is 1.09 bits per heavy atom. The van der Waals surface area contributed by atoms with Crippen LogP contribution in [0, 0.1) is 5.92 Å². The highest BCUT2D eigenvalue weighted by molar-refractivity contribution is 5.97. The van der Waals surface area contributed by atoms with Crippen molar-refractivity contribution in [1.82, 2.24) is 14.8 Å². The van der Waals surface area contributed by atoms with Gasteiger partial charge in [0.15, 0.2) is 12.0 Å². The van der Waals surface area contributed by atoms with Gasteiger partial charge in [0.05, 0.1) is 0 Å². The number of aromatic nitrogens is 1. The highest BCUT2D eigenvalue weighted by Crippen LogP contribution is 2.31. The zero-order valence-electron chi connectivity index (χ0n) is 12.2. The van der Waals surface area contributed by atoms with E-state index in [2.05, 4.69) is 4.98 Å². The van der Waals surface area contributed by atoms with Gasteiger partial charge in [-0.1, -0.05) is 0 Å². The van der Waals surface area contributed by atoms with Crippen molar-refractivity contribution in [2.45, 2.75) is 12.8 Å². The van der Waals surface area contributed by atoms with Crippen LogP contribution < -0.4 is 0 Å². The summed E-state index contributed by atoms with van der Waals surface area (Å²) in [5, 5.41) is 0. The van der Waals surface area contributed by atoms with Crippen LogP contribution in [-0.4, -0.2) is 52.8 Å². The minimum Gasteiger partial charge on any atom is -0.443 e. The van der Waals surface area contributed by atoms with E-state index >= 15 is 0 Å². The third kappa shape index (κ3) is 2.34. The van der Waals surface area contributed by atoms with Gasteiger partial charge in [-0.15, -0.1) is 0 Å². The van der Waals surface area contributed by atoms with E-state index in [9.17, 15) is 9.59 Å². The number of benzene rings is 1. The Hall–Kier alpha value is -2.37. The molecular formula is C16H17N3O3. The molecule has 0 spiro atoms. The first-order valence-electron chi connectivity index (χ1n) is 7.64. The van der Waals surface area contributed by atoms with Crippen molar-refractivity contribution >= 4 is 22.9 Å². The maximum absolute atomic E-state index is 12.6. The summed E-state index contributed by atoms with van der Waals surface area (Å²) in [7, 11) is 0. The first kappa shape index (κ1) is 13.3. The molecule has 4 rings (SSSR count). The van der Waals surface area contributed by atoms with Gasteiger partial charge in [-0.25, -0.2) is 4.98 Å². The van der Waals surface area contributed by atoms with Gasteiger partial charge in [0.1, 0.15) is 5.52 Å². The average molecular weight is 299 g/mol. The lowest BCUT2D eigenvalue weighted by Crippen LogP contribution is -2.51. The number of hydrogen-bond donors (Lipinski definition) is 0. The predicted octanol–water partition coefficient (Wildman–Crippen LogP) is 1.52. The Balaban J connectivity index is 1.43. The largest absolute Gasteiger partial charge is 0.443 e. The highest BCUT2D eigenvalue weighted by atomic mass is 16.3. The maximum Gasteiger partial charge on any atom is 0.254 e.